The van der Waals surface area contributed by atoms with Crippen LogP contribution >= 0.6 is 0 Å². The lowest BCUT2D eigenvalue weighted by Gasteiger charge is -2.24. The first kappa shape index (κ1) is 9.88. The molecule has 0 fully saturated rings. The molecule has 1 atom stereocenters. The second kappa shape index (κ2) is 3.91. The van der Waals surface area contributed by atoms with Crippen molar-refractivity contribution >= 4 is 0 Å². The van der Waals surface area contributed by atoms with Gasteiger partial charge in [0.05, 0.1) is 11.7 Å². The van der Waals surface area contributed by atoms with Crippen LogP contribution in [0.2, 0.25) is 0 Å². The molecule has 10 heavy (non-hydrogen) atoms. The molecule has 0 heterocycles. The summed E-state index contributed by atoms with van der Waals surface area (Å²) in [6, 6.07) is 0. The Kier molecular flexibility index (Phi) is 3.86. The average molecular weight is 147 g/mol. The van der Waals surface area contributed by atoms with E-state index in [2.05, 4.69) is 0 Å². The molecule has 0 aromatic carbocycles. The Balaban J connectivity index is 3.64. The van der Waals surface area contributed by atoms with E-state index in [0.29, 0.717) is 13.0 Å². The van der Waals surface area contributed by atoms with Crippen molar-refractivity contribution in [2.45, 2.75) is 32.0 Å². The number of nitrogens with two attached hydrogens (primary N) is 1. The largest absolute Gasteiger partial charge is 0.392 e. The maximum atomic E-state index is 9.12. The molecule has 0 aromatic heterocycles. The number of aliphatic hydroxyl groups is 1. The van der Waals surface area contributed by atoms with Gasteiger partial charge in [-0.2, -0.15) is 0 Å². The highest BCUT2D eigenvalue weighted by atomic mass is 16.5. The van der Waals surface area contributed by atoms with Gasteiger partial charge in [-0.05, 0) is 13.8 Å². The molecule has 0 radical (unpaired) electrons. The molecular formula is C7H17NO2. The Morgan fingerprint density at radius 3 is 2.40 bits per heavy atom. The van der Waals surface area contributed by atoms with Gasteiger partial charge in [0, 0.05) is 20.1 Å². The summed E-state index contributed by atoms with van der Waals surface area (Å²) in [5.74, 6) is 0. The third-order valence-electron chi connectivity index (χ3n) is 1.55. The Hall–Kier alpha value is -0.120. The van der Waals surface area contributed by atoms with E-state index in [-0.39, 0.29) is 5.60 Å². The van der Waals surface area contributed by atoms with Gasteiger partial charge in [0.2, 0.25) is 0 Å². The summed E-state index contributed by atoms with van der Waals surface area (Å²) < 4.78 is 5.09. The number of hydrogen-bond acceptors (Lipinski definition) is 3. The van der Waals surface area contributed by atoms with Gasteiger partial charge in [-0.3, -0.25) is 0 Å². The van der Waals surface area contributed by atoms with Gasteiger partial charge in [0.25, 0.3) is 0 Å². The van der Waals surface area contributed by atoms with Crippen molar-refractivity contribution in [2.75, 3.05) is 13.7 Å². The van der Waals surface area contributed by atoms with Crippen LogP contribution in [0.1, 0.15) is 20.3 Å². The predicted molar refractivity (Wildman–Crippen MR) is 40.8 cm³/mol. The van der Waals surface area contributed by atoms with Gasteiger partial charge in [-0.15, -0.1) is 0 Å². The van der Waals surface area contributed by atoms with E-state index in [9.17, 15) is 0 Å². The van der Waals surface area contributed by atoms with Crippen molar-refractivity contribution < 1.29 is 9.84 Å². The number of rotatable bonds is 4. The first-order valence-electron chi connectivity index (χ1n) is 3.45. The van der Waals surface area contributed by atoms with Crippen molar-refractivity contribution in [1.29, 1.82) is 0 Å². The van der Waals surface area contributed by atoms with Gasteiger partial charge >= 0.3 is 0 Å². The van der Waals surface area contributed by atoms with Gasteiger partial charge in [0.15, 0.2) is 0 Å². The highest BCUT2D eigenvalue weighted by Crippen LogP contribution is 2.14. The summed E-state index contributed by atoms with van der Waals surface area (Å²) in [6.07, 6.45) is 0.134. The third-order valence-corrected chi connectivity index (χ3v) is 1.55. The van der Waals surface area contributed by atoms with Crippen LogP contribution in [0, 0.1) is 0 Å². The van der Waals surface area contributed by atoms with Crippen LogP contribution in [0.5, 0.6) is 0 Å². The smallest absolute Gasteiger partial charge is 0.0689 e. The first-order chi connectivity index (χ1) is 4.52. The van der Waals surface area contributed by atoms with E-state index in [1.165, 1.54) is 0 Å². The topological polar surface area (TPSA) is 55.5 Å². The fourth-order valence-corrected chi connectivity index (χ4v) is 0.734. The van der Waals surface area contributed by atoms with E-state index in [1.807, 2.05) is 13.8 Å². The number of hydrogen-bond donors (Lipinski definition) is 2. The zero-order chi connectivity index (χ0) is 8.20. The van der Waals surface area contributed by atoms with Crippen LogP contribution < -0.4 is 5.73 Å². The number of aliphatic hydroxyl groups excluding tert-OH is 1. The lowest BCUT2D eigenvalue weighted by atomic mass is 10.0. The predicted octanol–water partition coefficient (Wildman–Crippen LogP) is 0.121. The van der Waals surface area contributed by atoms with Crippen LogP contribution in [-0.2, 0) is 4.74 Å². The molecule has 0 bridgehead atoms. The molecule has 0 aromatic rings. The minimum atomic E-state index is -0.449. The quantitative estimate of drug-likeness (QED) is 0.594. The monoisotopic (exact) mass is 147 g/mol. The zero-order valence-corrected chi connectivity index (χ0v) is 6.92. The molecule has 3 nitrogen and oxygen atoms in total. The summed E-state index contributed by atoms with van der Waals surface area (Å²) in [4.78, 5) is 0. The molecule has 0 saturated heterocycles. The third kappa shape index (κ3) is 3.82. The van der Waals surface area contributed by atoms with Crippen LogP contribution in [0.15, 0.2) is 0 Å². The molecule has 3 heteroatoms. The van der Waals surface area contributed by atoms with Crippen LogP contribution in [0.4, 0.5) is 0 Å². The van der Waals surface area contributed by atoms with Gasteiger partial charge in [-0.1, -0.05) is 0 Å². The Morgan fingerprint density at radius 1 is 1.60 bits per heavy atom. The van der Waals surface area contributed by atoms with Crippen LogP contribution in [0.25, 0.3) is 0 Å². The number of ether oxygens (including phenoxy) is 1. The van der Waals surface area contributed by atoms with Crippen molar-refractivity contribution in [2.24, 2.45) is 5.73 Å². The van der Waals surface area contributed by atoms with Crippen molar-refractivity contribution in [3.8, 4) is 0 Å². The molecule has 0 aliphatic carbocycles. The minimum absolute atomic E-state index is 0.265. The molecule has 3 N–H and O–H groups in total. The SMILES string of the molecule is COC(C)(C)C[C@H](O)CN. The summed E-state index contributed by atoms with van der Waals surface area (Å²) in [6.45, 7) is 4.14. The fourth-order valence-electron chi connectivity index (χ4n) is 0.734. The maximum Gasteiger partial charge on any atom is 0.0689 e. The highest BCUT2D eigenvalue weighted by Gasteiger charge is 2.19. The van der Waals surface area contributed by atoms with Crippen molar-refractivity contribution in [3.63, 3.8) is 0 Å². The van der Waals surface area contributed by atoms with Gasteiger partial charge in [0.1, 0.15) is 0 Å². The van der Waals surface area contributed by atoms with E-state index in [1.54, 1.807) is 7.11 Å². The van der Waals surface area contributed by atoms with E-state index in [4.69, 9.17) is 15.6 Å². The summed E-state index contributed by atoms with van der Waals surface area (Å²) in [5.41, 5.74) is 4.96. The molecule has 0 unspecified atom stereocenters. The van der Waals surface area contributed by atoms with Crippen LogP contribution in [-0.4, -0.2) is 30.5 Å². The Labute approximate surface area is 62.2 Å². The first-order valence-corrected chi connectivity index (χ1v) is 3.45. The molecule has 0 aliphatic rings. The van der Waals surface area contributed by atoms with E-state index < -0.39 is 6.10 Å². The van der Waals surface area contributed by atoms with Crippen molar-refractivity contribution in [1.82, 2.24) is 0 Å². The molecular weight excluding hydrogens is 130 g/mol. The molecule has 0 saturated carbocycles. The minimum Gasteiger partial charge on any atom is -0.392 e. The summed E-state index contributed by atoms with van der Waals surface area (Å²) in [5, 5.41) is 9.12. The summed E-state index contributed by atoms with van der Waals surface area (Å²) in [7, 11) is 1.63. The second-order valence-electron chi connectivity index (χ2n) is 3.06. The maximum absolute atomic E-state index is 9.12. The lowest BCUT2D eigenvalue weighted by Crippen LogP contribution is -2.32. The van der Waals surface area contributed by atoms with E-state index in [0.717, 1.165) is 0 Å². The molecule has 62 valence electrons. The molecule has 0 amide bonds. The van der Waals surface area contributed by atoms with Gasteiger partial charge < -0.3 is 15.6 Å². The summed E-state index contributed by atoms with van der Waals surface area (Å²) >= 11 is 0. The number of methoxy groups -OCH3 is 1. The Bertz CT molecular complexity index is 93.6. The average Bonchev–Trinajstić information content (AvgIpc) is 1.87. The van der Waals surface area contributed by atoms with Crippen LogP contribution in [0.3, 0.4) is 0 Å². The molecule has 0 spiro atoms. The standard InChI is InChI=1S/C7H17NO2/c1-7(2,10-3)4-6(9)5-8/h6,9H,4-5,8H2,1-3H3/t6-/m0/s1. The molecule has 0 rings (SSSR count). The van der Waals surface area contributed by atoms with E-state index >= 15 is 0 Å². The normalized spacial score (nSPS) is 15.3. The highest BCUT2D eigenvalue weighted by molar-refractivity contribution is 4.73. The lowest BCUT2D eigenvalue weighted by molar-refractivity contribution is -0.0172. The second-order valence-corrected chi connectivity index (χ2v) is 3.06. The van der Waals surface area contributed by atoms with Crippen molar-refractivity contribution in [3.05, 3.63) is 0 Å². The molecule has 0 aliphatic heterocycles. The fraction of sp³-hybridized carbons (Fsp3) is 1.00. The zero-order valence-electron chi connectivity index (χ0n) is 6.92. The van der Waals surface area contributed by atoms with Gasteiger partial charge in [-0.25, -0.2) is 0 Å². The Morgan fingerprint density at radius 2 is 2.10 bits per heavy atom.